The second kappa shape index (κ2) is 5.81. The van der Waals surface area contributed by atoms with Crippen LogP contribution in [0, 0.1) is 0 Å². The molecule has 0 spiro atoms. The number of ketones is 1. The van der Waals surface area contributed by atoms with Crippen molar-refractivity contribution in [3.63, 3.8) is 0 Å². The molecule has 1 N–H and O–H groups in total. The van der Waals surface area contributed by atoms with Gasteiger partial charge in [0.25, 0.3) is 0 Å². The molecule has 0 aliphatic carbocycles. The second-order valence-corrected chi connectivity index (χ2v) is 3.08. The van der Waals surface area contributed by atoms with E-state index < -0.39 is 0 Å². The van der Waals surface area contributed by atoms with Gasteiger partial charge in [-0.1, -0.05) is 19.8 Å². The van der Waals surface area contributed by atoms with Crippen molar-refractivity contribution in [2.45, 2.75) is 46.5 Å². The van der Waals surface area contributed by atoms with Crippen molar-refractivity contribution in [1.82, 2.24) is 0 Å². The van der Waals surface area contributed by atoms with Gasteiger partial charge in [0.05, 0.1) is 5.76 Å². The van der Waals surface area contributed by atoms with Crippen LogP contribution in [-0.2, 0) is 4.79 Å². The van der Waals surface area contributed by atoms with Crippen molar-refractivity contribution in [1.29, 1.82) is 0 Å². The molecular formula is C10H18O2. The third-order valence-corrected chi connectivity index (χ3v) is 1.89. The summed E-state index contributed by atoms with van der Waals surface area (Å²) in [5.74, 6) is 0.171. The lowest BCUT2D eigenvalue weighted by Crippen LogP contribution is -2.00. The van der Waals surface area contributed by atoms with E-state index in [-0.39, 0.29) is 11.5 Å². The van der Waals surface area contributed by atoms with Gasteiger partial charge in [-0.3, -0.25) is 4.79 Å². The maximum Gasteiger partial charge on any atom is 0.159 e. The molecule has 12 heavy (non-hydrogen) atoms. The number of rotatable bonds is 5. The van der Waals surface area contributed by atoms with Gasteiger partial charge in [0.2, 0.25) is 0 Å². The fourth-order valence-electron chi connectivity index (χ4n) is 1.16. The quantitative estimate of drug-likeness (QED) is 0.391. The average molecular weight is 170 g/mol. The van der Waals surface area contributed by atoms with E-state index in [0.717, 1.165) is 19.3 Å². The number of hydrogen-bond donors (Lipinski definition) is 1. The summed E-state index contributed by atoms with van der Waals surface area (Å²) >= 11 is 0. The van der Waals surface area contributed by atoms with Gasteiger partial charge in [0.15, 0.2) is 5.78 Å². The molecule has 0 heterocycles. The van der Waals surface area contributed by atoms with Gasteiger partial charge in [-0.2, -0.15) is 0 Å². The third kappa shape index (κ3) is 4.16. The van der Waals surface area contributed by atoms with Gasteiger partial charge < -0.3 is 5.11 Å². The lowest BCUT2D eigenvalue weighted by molar-refractivity contribution is -0.113. The summed E-state index contributed by atoms with van der Waals surface area (Å²) in [5.41, 5.74) is 0.587. The summed E-state index contributed by atoms with van der Waals surface area (Å²) in [6.07, 6.45) is 3.95. The molecule has 0 rings (SSSR count). The van der Waals surface area contributed by atoms with E-state index in [1.165, 1.54) is 6.92 Å². The van der Waals surface area contributed by atoms with Crippen molar-refractivity contribution in [2.24, 2.45) is 0 Å². The second-order valence-electron chi connectivity index (χ2n) is 3.08. The number of carbonyl (C=O) groups excluding carboxylic acids is 1. The van der Waals surface area contributed by atoms with Gasteiger partial charge in [-0.05, 0) is 26.7 Å². The van der Waals surface area contributed by atoms with Crippen LogP contribution in [-0.4, -0.2) is 10.9 Å². The number of carbonyl (C=O) groups is 1. The maximum absolute atomic E-state index is 11.0. The Balaban J connectivity index is 4.00. The predicted octanol–water partition coefficient (Wildman–Crippen LogP) is 2.99. The molecule has 0 saturated carbocycles. The first-order valence-electron chi connectivity index (χ1n) is 4.49. The topological polar surface area (TPSA) is 37.3 Å². The monoisotopic (exact) mass is 170 g/mol. The summed E-state index contributed by atoms with van der Waals surface area (Å²) in [5, 5.41) is 9.14. The Morgan fingerprint density at radius 1 is 1.25 bits per heavy atom. The minimum atomic E-state index is -0.00824. The highest BCUT2D eigenvalue weighted by atomic mass is 16.3. The summed E-state index contributed by atoms with van der Waals surface area (Å²) in [4.78, 5) is 11.0. The van der Waals surface area contributed by atoms with E-state index in [9.17, 15) is 4.79 Å². The largest absolute Gasteiger partial charge is 0.512 e. The molecule has 0 aliphatic heterocycles. The van der Waals surface area contributed by atoms with Crippen LogP contribution in [0.15, 0.2) is 11.3 Å². The third-order valence-electron chi connectivity index (χ3n) is 1.89. The first kappa shape index (κ1) is 11.2. The Morgan fingerprint density at radius 2 is 1.83 bits per heavy atom. The molecule has 0 fully saturated rings. The molecule has 0 aromatic rings. The van der Waals surface area contributed by atoms with E-state index in [1.54, 1.807) is 6.92 Å². The van der Waals surface area contributed by atoms with Crippen LogP contribution in [0.1, 0.15) is 46.5 Å². The fourth-order valence-corrected chi connectivity index (χ4v) is 1.16. The first-order chi connectivity index (χ1) is 5.59. The molecule has 70 valence electrons. The Morgan fingerprint density at radius 3 is 2.17 bits per heavy atom. The van der Waals surface area contributed by atoms with Crippen molar-refractivity contribution in [3.05, 3.63) is 11.3 Å². The molecule has 0 unspecified atom stereocenters. The minimum Gasteiger partial charge on any atom is -0.512 e. The summed E-state index contributed by atoms with van der Waals surface area (Å²) in [6.45, 7) is 5.19. The molecule has 2 nitrogen and oxygen atoms in total. The van der Waals surface area contributed by atoms with Crippen molar-refractivity contribution >= 4 is 5.78 Å². The zero-order valence-corrected chi connectivity index (χ0v) is 8.18. The molecular weight excluding hydrogens is 152 g/mol. The highest BCUT2D eigenvalue weighted by Gasteiger charge is 2.06. The Hall–Kier alpha value is -0.790. The van der Waals surface area contributed by atoms with Gasteiger partial charge in [0, 0.05) is 5.57 Å². The minimum absolute atomic E-state index is 0.00824. The van der Waals surface area contributed by atoms with Crippen LogP contribution in [0.3, 0.4) is 0 Å². The van der Waals surface area contributed by atoms with Crippen LogP contribution >= 0.6 is 0 Å². The molecule has 2 heteroatoms. The molecule has 0 radical (unpaired) electrons. The summed E-state index contributed by atoms with van der Waals surface area (Å²) in [7, 11) is 0. The maximum atomic E-state index is 11.0. The Bertz CT molecular complexity index is 176. The van der Waals surface area contributed by atoms with Gasteiger partial charge in [-0.15, -0.1) is 0 Å². The SMILES string of the molecule is CCCCC/C(C(C)=O)=C(/C)O. The molecule has 0 amide bonds. The van der Waals surface area contributed by atoms with Crippen LogP contribution in [0.5, 0.6) is 0 Å². The van der Waals surface area contributed by atoms with Crippen LogP contribution in [0.4, 0.5) is 0 Å². The fraction of sp³-hybridized carbons (Fsp3) is 0.700. The molecule has 0 aromatic carbocycles. The van der Waals surface area contributed by atoms with Gasteiger partial charge in [0.1, 0.15) is 0 Å². The van der Waals surface area contributed by atoms with Crippen LogP contribution in [0.25, 0.3) is 0 Å². The number of allylic oxidation sites excluding steroid dienone is 2. The van der Waals surface area contributed by atoms with Gasteiger partial charge in [-0.25, -0.2) is 0 Å². The standard InChI is InChI=1S/C10H18O2/c1-4-5-6-7-10(8(2)11)9(3)12/h11H,4-7H2,1-3H3/b10-8+. The molecule has 0 atom stereocenters. The van der Waals surface area contributed by atoms with E-state index in [2.05, 4.69) is 6.92 Å². The Labute approximate surface area is 74.3 Å². The Kier molecular flexibility index (Phi) is 5.43. The normalized spacial score (nSPS) is 12.6. The average Bonchev–Trinajstić information content (AvgIpc) is 1.96. The molecule has 0 aromatic heterocycles. The number of aliphatic hydroxyl groups excluding tert-OH is 1. The number of hydrogen-bond acceptors (Lipinski definition) is 2. The smallest absolute Gasteiger partial charge is 0.159 e. The van der Waals surface area contributed by atoms with Crippen molar-refractivity contribution in [3.8, 4) is 0 Å². The lowest BCUT2D eigenvalue weighted by Gasteiger charge is -2.03. The first-order valence-corrected chi connectivity index (χ1v) is 4.49. The summed E-state index contributed by atoms with van der Waals surface area (Å²) in [6, 6.07) is 0. The van der Waals surface area contributed by atoms with E-state index in [4.69, 9.17) is 5.11 Å². The lowest BCUT2D eigenvalue weighted by atomic mass is 10.0. The van der Waals surface area contributed by atoms with E-state index in [0.29, 0.717) is 12.0 Å². The van der Waals surface area contributed by atoms with Crippen molar-refractivity contribution in [2.75, 3.05) is 0 Å². The van der Waals surface area contributed by atoms with Crippen LogP contribution in [0.2, 0.25) is 0 Å². The van der Waals surface area contributed by atoms with Crippen molar-refractivity contribution < 1.29 is 9.90 Å². The number of unbranched alkanes of at least 4 members (excludes halogenated alkanes) is 2. The zero-order valence-electron chi connectivity index (χ0n) is 8.18. The molecule has 0 saturated heterocycles. The van der Waals surface area contributed by atoms with Crippen LogP contribution < -0.4 is 0 Å². The molecule has 0 bridgehead atoms. The zero-order chi connectivity index (χ0) is 9.56. The number of Topliss-reactive ketones (excluding diaryl/α,β-unsaturated/α-hetero) is 1. The molecule has 0 aliphatic rings. The predicted molar refractivity (Wildman–Crippen MR) is 50.2 cm³/mol. The summed E-state index contributed by atoms with van der Waals surface area (Å²) < 4.78 is 0. The van der Waals surface area contributed by atoms with E-state index in [1.807, 2.05) is 0 Å². The van der Waals surface area contributed by atoms with Gasteiger partial charge >= 0.3 is 0 Å². The van der Waals surface area contributed by atoms with E-state index >= 15 is 0 Å². The number of aliphatic hydroxyl groups is 1. The highest BCUT2D eigenvalue weighted by Crippen LogP contribution is 2.12. The highest BCUT2D eigenvalue weighted by molar-refractivity contribution is 5.93.